The predicted octanol–water partition coefficient (Wildman–Crippen LogP) is 3.26. The molecule has 0 radical (unpaired) electrons. The summed E-state index contributed by atoms with van der Waals surface area (Å²) in [5.74, 6) is 1.15. The fraction of sp³-hybridized carbons (Fsp3) is 0.632. The molecule has 2 aliphatic heterocycles. The number of nitrogens with zero attached hydrogens (tertiary/aromatic N) is 2. The summed E-state index contributed by atoms with van der Waals surface area (Å²) in [7, 11) is 0. The van der Waals surface area contributed by atoms with Crippen molar-refractivity contribution in [2.24, 2.45) is 16.6 Å². The summed E-state index contributed by atoms with van der Waals surface area (Å²) in [4.78, 5) is 6.94. The van der Waals surface area contributed by atoms with Gasteiger partial charge in [-0.25, -0.2) is 0 Å². The number of ether oxygens (including phenoxy) is 1. The van der Waals surface area contributed by atoms with E-state index in [1.807, 2.05) is 0 Å². The van der Waals surface area contributed by atoms with Crippen LogP contribution in [0.15, 0.2) is 29.3 Å². The molecular weight excluding hydrogens is 286 g/mol. The number of likely N-dealkylation sites (tertiary alicyclic amines) is 1. The summed E-state index contributed by atoms with van der Waals surface area (Å²) in [5.41, 5.74) is 8.76. The highest BCUT2D eigenvalue weighted by atomic mass is 16.5. The van der Waals surface area contributed by atoms with E-state index >= 15 is 0 Å². The number of rotatable bonds is 3. The third-order valence-electron chi connectivity index (χ3n) is 5.02. The monoisotopic (exact) mass is 315 g/mol. The van der Waals surface area contributed by atoms with E-state index in [2.05, 4.69) is 36.1 Å². The summed E-state index contributed by atoms with van der Waals surface area (Å²) in [5, 5.41) is 0. The summed E-state index contributed by atoms with van der Waals surface area (Å²) >= 11 is 0. The van der Waals surface area contributed by atoms with Crippen LogP contribution in [0, 0.1) is 12.8 Å². The molecule has 4 nitrogen and oxygen atoms in total. The highest BCUT2D eigenvalue weighted by molar-refractivity contribution is 5.78. The van der Waals surface area contributed by atoms with Gasteiger partial charge in [0.1, 0.15) is 0 Å². The van der Waals surface area contributed by atoms with Crippen molar-refractivity contribution < 1.29 is 4.74 Å². The average Bonchev–Trinajstić information content (AvgIpc) is 2.61. The van der Waals surface area contributed by atoms with Crippen molar-refractivity contribution in [3.63, 3.8) is 0 Å². The van der Waals surface area contributed by atoms with E-state index in [0.29, 0.717) is 5.92 Å². The van der Waals surface area contributed by atoms with Crippen molar-refractivity contribution in [2.75, 3.05) is 26.2 Å². The predicted molar refractivity (Wildman–Crippen MR) is 94.5 cm³/mol. The summed E-state index contributed by atoms with van der Waals surface area (Å²) in [6, 6.07) is 8.71. The van der Waals surface area contributed by atoms with E-state index in [9.17, 15) is 0 Å². The molecule has 1 aromatic carbocycles. The smallest absolute Gasteiger partial charge is 0.191 e. The molecule has 0 aromatic heterocycles. The fourth-order valence-electron chi connectivity index (χ4n) is 3.59. The maximum Gasteiger partial charge on any atom is 0.191 e. The molecule has 0 spiro atoms. The SMILES string of the molecule is Cc1ccc(C2OCCCC2CN=C(N)N2CCCCC2)cc1. The minimum atomic E-state index is 0.155. The summed E-state index contributed by atoms with van der Waals surface area (Å²) in [6.45, 7) is 5.84. The fourth-order valence-corrected chi connectivity index (χ4v) is 3.59. The van der Waals surface area contributed by atoms with E-state index in [0.717, 1.165) is 45.0 Å². The maximum absolute atomic E-state index is 6.20. The van der Waals surface area contributed by atoms with Crippen LogP contribution in [0.3, 0.4) is 0 Å². The third kappa shape index (κ3) is 4.25. The van der Waals surface area contributed by atoms with Crippen LogP contribution in [-0.2, 0) is 4.74 Å². The lowest BCUT2D eigenvalue weighted by molar-refractivity contribution is -0.0250. The maximum atomic E-state index is 6.20. The van der Waals surface area contributed by atoms with Crippen molar-refractivity contribution in [1.82, 2.24) is 4.90 Å². The topological polar surface area (TPSA) is 50.9 Å². The van der Waals surface area contributed by atoms with E-state index in [4.69, 9.17) is 15.5 Å². The van der Waals surface area contributed by atoms with Crippen LogP contribution >= 0.6 is 0 Å². The van der Waals surface area contributed by atoms with E-state index in [-0.39, 0.29) is 6.10 Å². The zero-order valence-corrected chi connectivity index (χ0v) is 14.2. The number of nitrogens with two attached hydrogens (primary N) is 1. The van der Waals surface area contributed by atoms with Gasteiger partial charge in [-0.1, -0.05) is 29.8 Å². The molecule has 2 fully saturated rings. The number of benzene rings is 1. The standard InChI is InChI=1S/C19H29N3O/c1-15-7-9-16(10-8-15)18-17(6-5-13-23-18)14-21-19(20)22-11-3-2-4-12-22/h7-10,17-18H,2-6,11-14H2,1H3,(H2,20,21). The lowest BCUT2D eigenvalue weighted by Crippen LogP contribution is -2.41. The number of piperidine rings is 1. The van der Waals surface area contributed by atoms with Crippen LogP contribution < -0.4 is 5.73 Å². The Kier molecular flexibility index (Phi) is 5.55. The Morgan fingerprint density at radius 2 is 1.91 bits per heavy atom. The third-order valence-corrected chi connectivity index (χ3v) is 5.02. The van der Waals surface area contributed by atoms with Crippen LogP contribution in [0.4, 0.5) is 0 Å². The molecule has 126 valence electrons. The first-order chi connectivity index (χ1) is 11.2. The van der Waals surface area contributed by atoms with Gasteiger partial charge in [0, 0.05) is 32.2 Å². The van der Waals surface area contributed by atoms with E-state index in [1.165, 1.54) is 30.4 Å². The van der Waals surface area contributed by atoms with Gasteiger partial charge in [-0.2, -0.15) is 0 Å². The van der Waals surface area contributed by atoms with Gasteiger partial charge < -0.3 is 15.4 Å². The molecule has 3 rings (SSSR count). The number of aryl methyl sites for hydroxylation is 1. The Morgan fingerprint density at radius 1 is 1.17 bits per heavy atom. The zero-order chi connectivity index (χ0) is 16.1. The second-order valence-electron chi connectivity index (χ2n) is 6.85. The van der Waals surface area contributed by atoms with Crippen LogP contribution in [-0.4, -0.2) is 37.1 Å². The van der Waals surface area contributed by atoms with Crippen LogP contribution in [0.25, 0.3) is 0 Å². The molecule has 1 aromatic rings. The van der Waals surface area contributed by atoms with Crippen molar-refractivity contribution in [3.8, 4) is 0 Å². The summed E-state index contributed by atoms with van der Waals surface area (Å²) in [6.07, 6.45) is 6.21. The quantitative estimate of drug-likeness (QED) is 0.688. The van der Waals surface area contributed by atoms with Gasteiger partial charge in [-0.3, -0.25) is 4.99 Å². The number of guanidine groups is 1. The molecule has 2 N–H and O–H groups in total. The van der Waals surface area contributed by atoms with Crippen molar-refractivity contribution in [2.45, 2.75) is 45.1 Å². The van der Waals surface area contributed by atoms with Crippen LogP contribution in [0.5, 0.6) is 0 Å². The van der Waals surface area contributed by atoms with Gasteiger partial charge in [-0.15, -0.1) is 0 Å². The molecule has 2 unspecified atom stereocenters. The van der Waals surface area contributed by atoms with Gasteiger partial charge in [0.15, 0.2) is 5.96 Å². The van der Waals surface area contributed by atoms with Crippen molar-refractivity contribution >= 4 is 5.96 Å². The van der Waals surface area contributed by atoms with Crippen LogP contribution in [0.2, 0.25) is 0 Å². The average molecular weight is 315 g/mol. The molecule has 2 saturated heterocycles. The molecule has 0 bridgehead atoms. The van der Waals surface area contributed by atoms with Gasteiger partial charge >= 0.3 is 0 Å². The van der Waals surface area contributed by atoms with Gasteiger partial charge in [0.05, 0.1) is 6.10 Å². The Balaban J connectivity index is 1.65. The number of hydrogen-bond acceptors (Lipinski definition) is 2. The van der Waals surface area contributed by atoms with Gasteiger partial charge in [-0.05, 0) is 44.6 Å². The number of hydrogen-bond donors (Lipinski definition) is 1. The molecule has 0 amide bonds. The molecule has 4 heteroatoms. The second kappa shape index (κ2) is 7.82. The molecule has 23 heavy (non-hydrogen) atoms. The number of aliphatic imine (C=N–C) groups is 1. The Bertz CT molecular complexity index is 520. The minimum Gasteiger partial charge on any atom is -0.373 e. The first-order valence-electron chi connectivity index (χ1n) is 8.97. The van der Waals surface area contributed by atoms with Crippen molar-refractivity contribution in [3.05, 3.63) is 35.4 Å². The van der Waals surface area contributed by atoms with Gasteiger partial charge in [0.25, 0.3) is 0 Å². The van der Waals surface area contributed by atoms with Gasteiger partial charge in [0.2, 0.25) is 0 Å². The summed E-state index contributed by atoms with van der Waals surface area (Å²) < 4.78 is 6.07. The minimum absolute atomic E-state index is 0.155. The Hall–Kier alpha value is -1.55. The first-order valence-corrected chi connectivity index (χ1v) is 8.97. The molecule has 2 atom stereocenters. The first kappa shape index (κ1) is 16.3. The molecule has 2 heterocycles. The highest BCUT2D eigenvalue weighted by Gasteiger charge is 2.27. The van der Waals surface area contributed by atoms with Crippen LogP contribution in [0.1, 0.15) is 49.3 Å². The second-order valence-corrected chi connectivity index (χ2v) is 6.85. The molecular formula is C19H29N3O. The lowest BCUT2D eigenvalue weighted by Gasteiger charge is -2.32. The van der Waals surface area contributed by atoms with E-state index < -0.39 is 0 Å². The normalized spacial score (nSPS) is 26.3. The molecule has 0 aliphatic carbocycles. The largest absolute Gasteiger partial charge is 0.373 e. The molecule has 2 aliphatic rings. The van der Waals surface area contributed by atoms with E-state index in [1.54, 1.807) is 0 Å². The highest BCUT2D eigenvalue weighted by Crippen LogP contribution is 2.34. The zero-order valence-electron chi connectivity index (χ0n) is 14.2. The molecule has 0 saturated carbocycles. The Morgan fingerprint density at radius 3 is 2.65 bits per heavy atom. The Labute approximate surface area is 139 Å². The van der Waals surface area contributed by atoms with Crippen molar-refractivity contribution in [1.29, 1.82) is 0 Å². The lowest BCUT2D eigenvalue weighted by atomic mass is 9.89.